The molecule has 0 aromatic heterocycles. The van der Waals surface area contributed by atoms with Gasteiger partial charge in [-0.15, -0.1) is 0 Å². The van der Waals surface area contributed by atoms with Gasteiger partial charge in [-0.3, -0.25) is 4.90 Å². The molecule has 1 aliphatic heterocycles. The van der Waals surface area contributed by atoms with Crippen molar-refractivity contribution in [3.8, 4) is 0 Å². The maximum Gasteiger partial charge on any atom is 0.0998 e. The van der Waals surface area contributed by atoms with Gasteiger partial charge in [-0.2, -0.15) is 0 Å². The summed E-state index contributed by atoms with van der Waals surface area (Å²) in [5.41, 5.74) is 0. The first-order valence-electron chi connectivity index (χ1n) is 3.70. The van der Waals surface area contributed by atoms with E-state index in [-0.39, 0.29) is 12.7 Å². The average Bonchev–Trinajstić information content (AvgIpc) is 2.34. The van der Waals surface area contributed by atoms with Crippen molar-refractivity contribution in [3.63, 3.8) is 0 Å². The number of ether oxygens (including phenoxy) is 1. The topological polar surface area (TPSA) is 32.7 Å². The summed E-state index contributed by atoms with van der Waals surface area (Å²) in [4.78, 5) is 2.20. The second kappa shape index (κ2) is 3.32. The highest BCUT2D eigenvalue weighted by molar-refractivity contribution is 4.71. The molecule has 0 spiro atoms. The first-order chi connectivity index (χ1) is 4.74. The first kappa shape index (κ1) is 7.98. The molecule has 60 valence electrons. The van der Waals surface area contributed by atoms with Gasteiger partial charge in [0.05, 0.1) is 19.4 Å². The summed E-state index contributed by atoms with van der Waals surface area (Å²) in [6.07, 6.45) is 0.0439. The Balaban J connectivity index is 2.28. The molecule has 0 radical (unpaired) electrons. The lowest BCUT2D eigenvalue weighted by atomic mass is 10.3. The lowest BCUT2D eigenvalue weighted by Crippen LogP contribution is -2.29. The van der Waals surface area contributed by atoms with Gasteiger partial charge < -0.3 is 9.84 Å². The van der Waals surface area contributed by atoms with Crippen molar-refractivity contribution in [3.05, 3.63) is 0 Å². The van der Waals surface area contributed by atoms with Gasteiger partial charge in [-0.25, -0.2) is 0 Å². The predicted octanol–water partition coefficient (Wildman–Crippen LogP) is 0.0454. The molecule has 1 atom stereocenters. The second-order valence-electron chi connectivity index (χ2n) is 2.97. The normalized spacial score (nSPS) is 28.2. The molecule has 1 unspecified atom stereocenters. The molecule has 1 aliphatic rings. The fraction of sp³-hybridized carbons (Fsp3) is 1.00. The molecule has 3 nitrogen and oxygen atoms in total. The van der Waals surface area contributed by atoms with Gasteiger partial charge in [0.25, 0.3) is 0 Å². The van der Waals surface area contributed by atoms with Crippen LogP contribution in [0.2, 0.25) is 0 Å². The van der Waals surface area contributed by atoms with E-state index in [0.717, 1.165) is 6.54 Å². The van der Waals surface area contributed by atoms with E-state index in [2.05, 4.69) is 18.7 Å². The van der Waals surface area contributed by atoms with Crippen LogP contribution in [0.25, 0.3) is 0 Å². The number of aliphatic hydroxyl groups excluding tert-OH is 1. The summed E-state index contributed by atoms with van der Waals surface area (Å²) in [5, 5.41) is 8.71. The molecule has 3 heteroatoms. The van der Waals surface area contributed by atoms with Gasteiger partial charge in [0, 0.05) is 12.6 Å². The number of aliphatic hydroxyl groups is 1. The quantitative estimate of drug-likeness (QED) is 0.595. The van der Waals surface area contributed by atoms with Crippen molar-refractivity contribution >= 4 is 0 Å². The van der Waals surface area contributed by atoms with Gasteiger partial charge >= 0.3 is 0 Å². The van der Waals surface area contributed by atoms with Gasteiger partial charge in [0.2, 0.25) is 0 Å². The van der Waals surface area contributed by atoms with E-state index < -0.39 is 0 Å². The number of rotatable bonds is 2. The third kappa shape index (κ3) is 1.68. The van der Waals surface area contributed by atoms with Crippen LogP contribution in [-0.2, 0) is 4.74 Å². The number of hydrogen-bond acceptors (Lipinski definition) is 3. The zero-order chi connectivity index (χ0) is 7.56. The van der Waals surface area contributed by atoms with E-state index >= 15 is 0 Å². The molecule has 0 aliphatic carbocycles. The van der Waals surface area contributed by atoms with E-state index in [1.54, 1.807) is 0 Å². The van der Waals surface area contributed by atoms with Crippen LogP contribution < -0.4 is 0 Å². The summed E-state index contributed by atoms with van der Waals surface area (Å²) in [6.45, 7) is 5.94. The molecular formula is C7H15NO2. The van der Waals surface area contributed by atoms with E-state index in [9.17, 15) is 0 Å². The van der Waals surface area contributed by atoms with Gasteiger partial charge in [-0.05, 0) is 13.8 Å². The molecule has 10 heavy (non-hydrogen) atoms. The van der Waals surface area contributed by atoms with Crippen LogP contribution in [0.1, 0.15) is 13.8 Å². The zero-order valence-corrected chi connectivity index (χ0v) is 6.58. The molecular weight excluding hydrogens is 130 g/mol. The summed E-state index contributed by atoms with van der Waals surface area (Å²) >= 11 is 0. The van der Waals surface area contributed by atoms with Crippen LogP contribution in [0.15, 0.2) is 0 Å². The van der Waals surface area contributed by atoms with E-state index in [1.165, 1.54) is 0 Å². The molecule has 1 heterocycles. The van der Waals surface area contributed by atoms with Crippen molar-refractivity contribution in [2.24, 2.45) is 0 Å². The fourth-order valence-corrected chi connectivity index (χ4v) is 1.04. The molecule has 0 bridgehead atoms. The van der Waals surface area contributed by atoms with Crippen molar-refractivity contribution in [2.45, 2.75) is 26.0 Å². The van der Waals surface area contributed by atoms with E-state index in [1.807, 2.05) is 0 Å². The van der Waals surface area contributed by atoms with Crippen LogP contribution in [-0.4, -0.2) is 42.0 Å². The Kier molecular flexibility index (Phi) is 2.65. The standard InChI is InChI=1S/C7H15NO2/c1-6(2)8-3-7(4-9)10-5-8/h6-7,9H,3-5H2,1-2H3. The Hall–Kier alpha value is -0.120. The number of nitrogens with zero attached hydrogens (tertiary/aromatic N) is 1. The van der Waals surface area contributed by atoms with Crippen LogP contribution >= 0.6 is 0 Å². The molecule has 1 saturated heterocycles. The van der Waals surface area contributed by atoms with Crippen molar-refractivity contribution in [1.82, 2.24) is 4.90 Å². The highest BCUT2D eigenvalue weighted by atomic mass is 16.5. The maximum absolute atomic E-state index is 8.71. The second-order valence-corrected chi connectivity index (χ2v) is 2.97. The van der Waals surface area contributed by atoms with Crippen LogP contribution in [0.3, 0.4) is 0 Å². The fourth-order valence-electron chi connectivity index (χ4n) is 1.04. The molecule has 0 aromatic carbocycles. The molecule has 0 amide bonds. The lowest BCUT2D eigenvalue weighted by molar-refractivity contribution is 0.0486. The number of hydrogen-bond donors (Lipinski definition) is 1. The summed E-state index contributed by atoms with van der Waals surface area (Å²) in [6, 6.07) is 0.525. The lowest BCUT2D eigenvalue weighted by Gasteiger charge is -2.17. The zero-order valence-electron chi connectivity index (χ0n) is 6.58. The molecule has 1 rings (SSSR count). The van der Waals surface area contributed by atoms with Crippen molar-refractivity contribution in [1.29, 1.82) is 0 Å². The smallest absolute Gasteiger partial charge is 0.0998 e. The van der Waals surface area contributed by atoms with Crippen molar-refractivity contribution in [2.75, 3.05) is 19.9 Å². The van der Waals surface area contributed by atoms with Crippen LogP contribution in [0.4, 0.5) is 0 Å². The van der Waals surface area contributed by atoms with Crippen LogP contribution in [0, 0.1) is 0 Å². The summed E-state index contributed by atoms with van der Waals surface area (Å²) in [5.74, 6) is 0. The molecule has 1 N–H and O–H groups in total. The minimum atomic E-state index is 0.0439. The SMILES string of the molecule is CC(C)N1COC(CO)C1. The maximum atomic E-state index is 8.71. The molecule has 0 aromatic rings. The first-order valence-corrected chi connectivity index (χ1v) is 3.70. The highest BCUT2D eigenvalue weighted by Crippen LogP contribution is 2.10. The Morgan fingerprint density at radius 3 is 2.70 bits per heavy atom. The largest absolute Gasteiger partial charge is 0.394 e. The predicted molar refractivity (Wildman–Crippen MR) is 38.7 cm³/mol. The average molecular weight is 145 g/mol. The van der Waals surface area contributed by atoms with Gasteiger partial charge in [0.1, 0.15) is 0 Å². The van der Waals surface area contributed by atoms with Gasteiger partial charge in [0.15, 0.2) is 0 Å². The molecule has 0 saturated carbocycles. The highest BCUT2D eigenvalue weighted by Gasteiger charge is 2.23. The van der Waals surface area contributed by atoms with E-state index in [4.69, 9.17) is 9.84 Å². The van der Waals surface area contributed by atoms with Gasteiger partial charge in [-0.1, -0.05) is 0 Å². The van der Waals surface area contributed by atoms with Crippen LogP contribution in [0.5, 0.6) is 0 Å². The minimum absolute atomic E-state index is 0.0439. The summed E-state index contributed by atoms with van der Waals surface area (Å²) in [7, 11) is 0. The summed E-state index contributed by atoms with van der Waals surface area (Å²) < 4.78 is 5.25. The Morgan fingerprint density at radius 1 is 1.70 bits per heavy atom. The Labute approximate surface area is 61.6 Å². The Morgan fingerprint density at radius 2 is 2.40 bits per heavy atom. The molecule has 1 fully saturated rings. The third-order valence-corrected chi connectivity index (χ3v) is 1.85. The third-order valence-electron chi connectivity index (χ3n) is 1.85. The van der Waals surface area contributed by atoms with Crippen molar-refractivity contribution < 1.29 is 9.84 Å². The monoisotopic (exact) mass is 145 g/mol. The minimum Gasteiger partial charge on any atom is -0.394 e. The van der Waals surface area contributed by atoms with E-state index in [0.29, 0.717) is 12.8 Å². The Bertz CT molecular complexity index is 106.